The largest absolute Gasteiger partial charge is 0.354 e. The first-order valence-electron chi connectivity index (χ1n) is 12.8. The molecule has 0 spiro atoms. The summed E-state index contributed by atoms with van der Waals surface area (Å²) in [6, 6.07) is 22.2. The van der Waals surface area contributed by atoms with Crippen molar-refractivity contribution in [1.82, 2.24) is 19.7 Å². The van der Waals surface area contributed by atoms with Crippen LogP contribution >= 0.6 is 0 Å². The quantitative estimate of drug-likeness (QED) is 0.359. The zero-order valence-electron chi connectivity index (χ0n) is 20.7. The number of aryl methyl sites for hydroxylation is 1. The van der Waals surface area contributed by atoms with Gasteiger partial charge in [0.15, 0.2) is 11.6 Å². The molecule has 0 radical (unpaired) electrons. The number of carbonyl (C=O) groups is 1. The number of aromatic nitrogens is 4. The van der Waals surface area contributed by atoms with Crippen LogP contribution < -0.4 is 10.2 Å². The molecule has 1 aliphatic heterocycles. The van der Waals surface area contributed by atoms with Gasteiger partial charge in [-0.2, -0.15) is 0 Å². The van der Waals surface area contributed by atoms with Gasteiger partial charge in [0, 0.05) is 36.7 Å². The van der Waals surface area contributed by atoms with E-state index in [1.807, 2.05) is 65.4 Å². The van der Waals surface area contributed by atoms with Gasteiger partial charge in [-0.05, 0) is 55.5 Å². The molecule has 1 aliphatic rings. The first-order chi connectivity index (χ1) is 17.7. The van der Waals surface area contributed by atoms with E-state index in [0.29, 0.717) is 12.4 Å². The number of amides is 1. The maximum absolute atomic E-state index is 13.0. The molecule has 7 heteroatoms. The van der Waals surface area contributed by atoms with Crippen molar-refractivity contribution in [3.63, 3.8) is 0 Å². The van der Waals surface area contributed by atoms with Gasteiger partial charge in [-0.15, -0.1) is 10.2 Å². The molecule has 184 valence electrons. The topological polar surface area (TPSA) is 75.9 Å². The summed E-state index contributed by atoms with van der Waals surface area (Å²) in [5, 5.41) is 12.1. The Morgan fingerprint density at radius 1 is 1.00 bits per heavy atom. The van der Waals surface area contributed by atoms with E-state index in [1.165, 1.54) is 18.4 Å². The molecule has 0 saturated carbocycles. The van der Waals surface area contributed by atoms with E-state index in [-0.39, 0.29) is 11.8 Å². The monoisotopic (exact) mass is 480 g/mol. The Morgan fingerprint density at radius 2 is 1.78 bits per heavy atom. The smallest absolute Gasteiger partial charge is 0.229 e. The molecule has 7 nitrogen and oxygen atoms in total. The molecule has 2 aromatic carbocycles. The summed E-state index contributed by atoms with van der Waals surface area (Å²) in [4.78, 5) is 19.7. The van der Waals surface area contributed by atoms with E-state index in [4.69, 9.17) is 0 Å². The first-order valence-corrected chi connectivity index (χ1v) is 12.8. The van der Waals surface area contributed by atoms with E-state index in [2.05, 4.69) is 44.5 Å². The number of nitrogens with zero attached hydrogens (tertiary/aromatic N) is 5. The van der Waals surface area contributed by atoms with Gasteiger partial charge < -0.3 is 10.2 Å². The average Bonchev–Trinajstić information content (AvgIpc) is 3.43. The maximum atomic E-state index is 13.0. The number of anilines is 2. The van der Waals surface area contributed by atoms with Crippen molar-refractivity contribution in [2.75, 3.05) is 23.3 Å². The standard InChI is InChI=1S/C29H32N6O/c1-2-3-8-22-12-14-25(15-13-22)31-29(36)24-11-7-19-34(21-24)26-16-17-27(33-32-26)35-20-18-30-28(35)23-9-5-4-6-10-23/h4-6,9-10,12-18,20,24H,2-3,7-8,11,19,21H2,1H3,(H,31,36). The van der Waals surface area contributed by atoms with Gasteiger partial charge in [-0.1, -0.05) is 55.8 Å². The molecule has 1 atom stereocenters. The van der Waals surface area contributed by atoms with Crippen LogP contribution in [0.5, 0.6) is 0 Å². The Bertz CT molecular complexity index is 1270. The third-order valence-electron chi connectivity index (χ3n) is 6.71. The molecule has 1 N–H and O–H groups in total. The Hall–Kier alpha value is -4.00. The molecule has 2 aromatic heterocycles. The number of carbonyl (C=O) groups excluding carboxylic acids is 1. The van der Waals surface area contributed by atoms with Crippen LogP contribution in [0.25, 0.3) is 17.2 Å². The molecule has 1 fully saturated rings. The molecule has 0 aliphatic carbocycles. The molecule has 3 heterocycles. The summed E-state index contributed by atoms with van der Waals surface area (Å²) < 4.78 is 1.94. The van der Waals surface area contributed by atoms with Crippen LogP contribution in [-0.4, -0.2) is 38.7 Å². The summed E-state index contributed by atoms with van der Waals surface area (Å²) in [6.45, 7) is 3.70. The van der Waals surface area contributed by atoms with E-state index >= 15 is 0 Å². The molecule has 0 bridgehead atoms. The summed E-state index contributed by atoms with van der Waals surface area (Å²) >= 11 is 0. The average molecular weight is 481 g/mol. The van der Waals surface area contributed by atoms with Crippen molar-refractivity contribution in [2.45, 2.75) is 39.0 Å². The summed E-state index contributed by atoms with van der Waals surface area (Å²) in [5.74, 6) is 2.31. The molecule has 1 unspecified atom stereocenters. The Morgan fingerprint density at radius 3 is 2.53 bits per heavy atom. The van der Waals surface area contributed by atoms with Crippen molar-refractivity contribution in [3.8, 4) is 17.2 Å². The van der Waals surface area contributed by atoms with Crippen LogP contribution in [0.3, 0.4) is 0 Å². The predicted molar refractivity (Wildman–Crippen MR) is 143 cm³/mol. The lowest BCUT2D eigenvalue weighted by atomic mass is 9.97. The molecule has 36 heavy (non-hydrogen) atoms. The number of nitrogens with one attached hydrogen (secondary N) is 1. The molecule has 4 aromatic rings. The second-order valence-corrected chi connectivity index (χ2v) is 9.31. The van der Waals surface area contributed by atoms with Crippen LogP contribution in [0.15, 0.2) is 79.1 Å². The zero-order valence-corrected chi connectivity index (χ0v) is 20.7. The van der Waals surface area contributed by atoms with Gasteiger partial charge in [0.05, 0.1) is 5.92 Å². The third kappa shape index (κ3) is 5.46. The fourth-order valence-corrected chi connectivity index (χ4v) is 4.68. The van der Waals surface area contributed by atoms with Gasteiger partial charge in [0.1, 0.15) is 5.82 Å². The van der Waals surface area contributed by atoms with Crippen molar-refractivity contribution in [3.05, 3.63) is 84.7 Å². The summed E-state index contributed by atoms with van der Waals surface area (Å²) in [6.07, 6.45) is 8.92. The van der Waals surface area contributed by atoms with Crippen molar-refractivity contribution in [2.24, 2.45) is 5.92 Å². The highest BCUT2D eigenvalue weighted by molar-refractivity contribution is 5.93. The van der Waals surface area contributed by atoms with Crippen molar-refractivity contribution in [1.29, 1.82) is 0 Å². The van der Waals surface area contributed by atoms with Crippen LogP contribution in [0.2, 0.25) is 0 Å². The number of hydrogen-bond acceptors (Lipinski definition) is 5. The SMILES string of the molecule is CCCCc1ccc(NC(=O)C2CCCN(c3ccc(-n4ccnc4-c4ccccc4)nn3)C2)cc1. The lowest BCUT2D eigenvalue weighted by molar-refractivity contribution is -0.120. The second-order valence-electron chi connectivity index (χ2n) is 9.31. The number of rotatable bonds is 8. The van der Waals surface area contributed by atoms with Gasteiger partial charge in [0.2, 0.25) is 5.91 Å². The lowest BCUT2D eigenvalue weighted by Crippen LogP contribution is -2.41. The van der Waals surface area contributed by atoms with E-state index in [1.54, 1.807) is 6.20 Å². The van der Waals surface area contributed by atoms with Crippen LogP contribution in [0.1, 0.15) is 38.2 Å². The highest BCUT2D eigenvalue weighted by Crippen LogP contribution is 2.25. The van der Waals surface area contributed by atoms with Crippen molar-refractivity contribution < 1.29 is 4.79 Å². The number of hydrogen-bond donors (Lipinski definition) is 1. The molecular formula is C29H32N6O. The van der Waals surface area contributed by atoms with Crippen molar-refractivity contribution >= 4 is 17.4 Å². The number of imidazole rings is 1. The fourth-order valence-electron chi connectivity index (χ4n) is 4.68. The number of unbranched alkanes of at least 4 members (excludes halogenated alkanes) is 1. The first kappa shape index (κ1) is 23.7. The minimum atomic E-state index is -0.0849. The van der Waals surface area contributed by atoms with E-state index in [9.17, 15) is 4.79 Å². The second kappa shape index (κ2) is 11.2. The van der Waals surface area contributed by atoms with Crippen LogP contribution in [0, 0.1) is 5.92 Å². The predicted octanol–water partition coefficient (Wildman–Crippen LogP) is 5.53. The van der Waals surface area contributed by atoms with E-state index < -0.39 is 0 Å². The number of benzene rings is 2. The minimum Gasteiger partial charge on any atom is -0.354 e. The van der Waals surface area contributed by atoms with E-state index in [0.717, 1.165) is 48.7 Å². The van der Waals surface area contributed by atoms with Gasteiger partial charge in [0.25, 0.3) is 0 Å². The Kier molecular flexibility index (Phi) is 7.36. The zero-order chi connectivity index (χ0) is 24.7. The Balaban J connectivity index is 1.23. The van der Waals surface area contributed by atoms with Crippen LogP contribution in [-0.2, 0) is 11.2 Å². The van der Waals surface area contributed by atoms with Gasteiger partial charge >= 0.3 is 0 Å². The third-order valence-corrected chi connectivity index (χ3v) is 6.71. The summed E-state index contributed by atoms with van der Waals surface area (Å²) in [5.41, 5.74) is 3.19. The van der Waals surface area contributed by atoms with Gasteiger partial charge in [-0.25, -0.2) is 4.98 Å². The Labute approximate surface area is 212 Å². The molecule has 1 amide bonds. The number of piperidine rings is 1. The normalized spacial score (nSPS) is 15.6. The lowest BCUT2D eigenvalue weighted by Gasteiger charge is -2.32. The van der Waals surface area contributed by atoms with Crippen LogP contribution in [0.4, 0.5) is 11.5 Å². The highest BCUT2D eigenvalue weighted by Gasteiger charge is 2.27. The summed E-state index contributed by atoms with van der Waals surface area (Å²) in [7, 11) is 0. The molecular weight excluding hydrogens is 448 g/mol. The molecule has 1 saturated heterocycles. The van der Waals surface area contributed by atoms with Gasteiger partial charge in [-0.3, -0.25) is 9.36 Å². The minimum absolute atomic E-state index is 0.0662. The maximum Gasteiger partial charge on any atom is 0.229 e. The highest BCUT2D eigenvalue weighted by atomic mass is 16.1. The molecule has 5 rings (SSSR count). The fraction of sp³-hybridized carbons (Fsp3) is 0.310.